The number of hydrogen-bond donors (Lipinski definition) is 2. The highest BCUT2D eigenvalue weighted by Crippen LogP contribution is 2.32. The number of hydrogen-bond acceptors (Lipinski definition) is 5. The minimum atomic E-state index is -0.529. The lowest BCUT2D eigenvalue weighted by Gasteiger charge is -2.20. The summed E-state index contributed by atoms with van der Waals surface area (Å²) < 4.78 is 10.5. The Morgan fingerprint density at radius 2 is 2.00 bits per heavy atom. The lowest BCUT2D eigenvalue weighted by molar-refractivity contribution is 0.0526. The first-order valence-corrected chi connectivity index (χ1v) is 8.92. The molecular formula is C19H24N2O4S. The van der Waals surface area contributed by atoms with E-state index in [1.807, 2.05) is 32.9 Å². The number of carbonyl (C=O) groups excluding carboxylic acids is 2. The molecule has 1 aromatic heterocycles. The second kappa shape index (κ2) is 8.89. The lowest BCUT2D eigenvalue weighted by Crippen LogP contribution is -2.33. The third-order valence-electron chi connectivity index (χ3n) is 3.71. The first-order valence-electron chi connectivity index (χ1n) is 8.47. The van der Waals surface area contributed by atoms with Crippen molar-refractivity contribution in [1.82, 2.24) is 10.5 Å². The van der Waals surface area contributed by atoms with Crippen LogP contribution in [-0.4, -0.2) is 28.5 Å². The summed E-state index contributed by atoms with van der Waals surface area (Å²) in [6.45, 7) is 5.91. The molecule has 1 aromatic carbocycles. The maximum atomic E-state index is 11.8. The fraction of sp³-hybridized carbons (Fsp3) is 0.421. The topological polar surface area (TPSA) is 81.4 Å². The van der Waals surface area contributed by atoms with Crippen LogP contribution in [0.2, 0.25) is 0 Å². The fourth-order valence-electron chi connectivity index (χ4n) is 2.66. The van der Waals surface area contributed by atoms with Crippen molar-refractivity contribution >= 4 is 23.8 Å². The number of thiol groups is 1. The molecule has 0 fully saturated rings. The second-order valence-corrected chi connectivity index (χ2v) is 7.34. The van der Waals surface area contributed by atoms with Crippen molar-refractivity contribution in [2.24, 2.45) is 0 Å². The molecule has 2 aromatic rings. The second-order valence-electron chi connectivity index (χ2n) is 6.93. The number of nitrogens with one attached hydrogen (secondary N) is 1. The molecule has 2 rings (SSSR count). The normalized spacial score (nSPS) is 12.5. The highest BCUT2D eigenvalue weighted by Gasteiger charge is 2.22. The zero-order chi connectivity index (χ0) is 19.2. The molecule has 1 amide bonds. The molecule has 1 heterocycles. The van der Waals surface area contributed by atoms with Crippen molar-refractivity contribution < 1.29 is 18.8 Å². The predicted molar refractivity (Wildman–Crippen MR) is 102 cm³/mol. The predicted octanol–water partition coefficient (Wildman–Crippen LogP) is 4.18. The number of benzene rings is 1. The molecule has 1 atom stereocenters. The molecule has 0 aliphatic rings. The minimum Gasteiger partial charge on any atom is -0.444 e. The number of ether oxygens (including phenoxy) is 1. The van der Waals surface area contributed by atoms with E-state index < -0.39 is 11.7 Å². The summed E-state index contributed by atoms with van der Waals surface area (Å²) in [6, 6.07) is 9.09. The van der Waals surface area contributed by atoms with Gasteiger partial charge in [-0.3, -0.25) is 4.79 Å². The Hall–Kier alpha value is -2.28. The summed E-state index contributed by atoms with van der Waals surface area (Å²) >= 11 is 3.97. The number of aromatic nitrogens is 1. The van der Waals surface area contributed by atoms with E-state index in [1.165, 1.54) is 0 Å². The van der Waals surface area contributed by atoms with E-state index in [1.54, 1.807) is 24.4 Å². The SMILES string of the molecule is CC(C)(C)OC(=O)NCCC[C@H](c1ccno1)c1ccccc1C(=O)S. The van der Waals surface area contributed by atoms with E-state index in [2.05, 4.69) is 23.1 Å². The first kappa shape index (κ1) is 20.0. The van der Waals surface area contributed by atoms with Crippen LogP contribution in [0.1, 0.15) is 61.2 Å². The number of rotatable bonds is 7. The van der Waals surface area contributed by atoms with Gasteiger partial charge in [-0.25, -0.2) is 4.79 Å². The minimum absolute atomic E-state index is 0.148. The fourth-order valence-corrected chi connectivity index (χ4v) is 2.87. The zero-order valence-electron chi connectivity index (χ0n) is 15.2. The molecule has 0 unspecified atom stereocenters. The zero-order valence-corrected chi connectivity index (χ0v) is 16.1. The van der Waals surface area contributed by atoms with Gasteiger partial charge in [-0.05, 0) is 39.2 Å². The number of alkyl carbamates (subject to hydrolysis) is 1. The van der Waals surface area contributed by atoms with Crippen molar-refractivity contribution in [2.75, 3.05) is 6.54 Å². The summed E-state index contributed by atoms with van der Waals surface area (Å²) in [4.78, 5) is 23.6. The van der Waals surface area contributed by atoms with E-state index >= 15 is 0 Å². The van der Waals surface area contributed by atoms with Crippen LogP contribution in [0.5, 0.6) is 0 Å². The van der Waals surface area contributed by atoms with Gasteiger partial charge in [0.15, 0.2) is 0 Å². The Labute approximate surface area is 158 Å². The Morgan fingerprint density at radius 3 is 2.62 bits per heavy atom. The standard InChI is InChI=1S/C19H24N2O4S/c1-19(2,3)24-18(23)20-11-6-9-14(16-10-12-21-25-16)13-7-4-5-8-15(13)17(22)26/h4-5,7-8,10,12,14H,6,9,11H2,1-3H3,(H,20,23)(H,22,26)/t14-/m0/s1. The van der Waals surface area contributed by atoms with Crippen LogP contribution in [-0.2, 0) is 4.74 Å². The number of carbonyl (C=O) groups is 2. The lowest BCUT2D eigenvalue weighted by atomic mass is 9.88. The number of nitrogens with zero attached hydrogens (tertiary/aromatic N) is 1. The average Bonchev–Trinajstić information content (AvgIpc) is 3.07. The van der Waals surface area contributed by atoms with Gasteiger partial charge in [-0.15, -0.1) is 12.6 Å². The van der Waals surface area contributed by atoms with E-state index in [-0.39, 0.29) is 11.0 Å². The molecule has 0 bridgehead atoms. The molecule has 0 radical (unpaired) electrons. The van der Waals surface area contributed by atoms with Crippen molar-refractivity contribution in [3.05, 3.63) is 53.4 Å². The van der Waals surface area contributed by atoms with Crippen LogP contribution in [0.25, 0.3) is 0 Å². The third-order valence-corrected chi connectivity index (χ3v) is 3.95. The van der Waals surface area contributed by atoms with Gasteiger partial charge in [0.2, 0.25) is 5.12 Å². The third kappa shape index (κ3) is 5.91. The van der Waals surface area contributed by atoms with E-state index in [9.17, 15) is 9.59 Å². The van der Waals surface area contributed by atoms with Gasteiger partial charge in [0.1, 0.15) is 11.4 Å². The smallest absolute Gasteiger partial charge is 0.407 e. The summed E-state index contributed by atoms with van der Waals surface area (Å²) in [5, 5.41) is 6.22. The van der Waals surface area contributed by atoms with Gasteiger partial charge >= 0.3 is 6.09 Å². The summed E-state index contributed by atoms with van der Waals surface area (Å²) in [5.41, 5.74) is 0.845. The van der Waals surface area contributed by atoms with Crippen molar-refractivity contribution in [1.29, 1.82) is 0 Å². The van der Waals surface area contributed by atoms with E-state index in [0.717, 1.165) is 5.56 Å². The summed E-state index contributed by atoms with van der Waals surface area (Å²) in [5.74, 6) is 0.523. The molecule has 26 heavy (non-hydrogen) atoms. The van der Waals surface area contributed by atoms with Gasteiger partial charge < -0.3 is 14.6 Å². The Balaban J connectivity index is 2.04. The molecule has 1 N–H and O–H groups in total. The Kier molecular flexibility index (Phi) is 6.85. The molecule has 0 spiro atoms. The average molecular weight is 376 g/mol. The molecule has 0 saturated carbocycles. The maximum absolute atomic E-state index is 11.8. The van der Waals surface area contributed by atoms with E-state index in [4.69, 9.17) is 9.26 Å². The Morgan fingerprint density at radius 1 is 1.27 bits per heavy atom. The van der Waals surface area contributed by atoms with Crippen LogP contribution in [0.3, 0.4) is 0 Å². The quantitative estimate of drug-likeness (QED) is 0.560. The van der Waals surface area contributed by atoms with E-state index in [0.29, 0.717) is 30.7 Å². The van der Waals surface area contributed by atoms with Crippen molar-refractivity contribution in [3.63, 3.8) is 0 Å². The van der Waals surface area contributed by atoms with Crippen LogP contribution in [0.15, 0.2) is 41.1 Å². The highest BCUT2D eigenvalue weighted by atomic mass is 32.1. The van der Waals surface area contributed by atoms with Gasteiger partial charge in [0.05, 0.1) is 6.20 Å². The van der Waals surface area contributed by atoms with Gasteiger partial charge in [-0.1, -0.05) is 29.4 Å². The number of amides is 1. The molecule has 6 nitrogen and oxygen atoms in total. The van der Waals surface area contributed by atoms with Crippen LogP contribution in [0.4, 0.5) is 4.79 Å². The Bertz CT molecular complexity index is 738. The molecule has 140 valence electrons. The maximum Gasteiger partial charge on any atom is 0.407 e. The first-order chi connectivity index (χ1) is 12.3. The summed E-state index contributed by atoms with van der Waals surface area (Å²) in [7, 11) is 0. The summed E-state index contributed by atoms with van der Waals surface area (Å²) in [6.07, 6.45) is 2.48. The van der Waals surface area contributed by atoms with Crippen molar-refractivity contribution in [3.8, 4) is 0 Å². The van der Waals surface area contributed by atoms with Crippen LogP contribution in [0, 0.1) is 0 Å². The van der Waals surface area contributed by atoms with Crippen LogP contribution >= 0.6 is 12.6 Å². The molecule has 7 heteroatoms. The largest absolute Gasteiger partial charge is 0.444 e. The molecule has 0 aliphatic heterocycles. The van der Waals surface area contributed by atoms with Crippen molar-refractivity contribution in [2.45, 2.75) is 45.1 Å². The van der Waals surface area contributed by atoms with Gasteiger partial charge in [0.25, 0.3) is 0 Å². The van der Waals surface area contributed by atoms with Gasteiger partial charge in [0, 0.05) is 24.1 Å². The highest BCUT2D eigenvalue weighted by molar-refractivity contribution is 7.97. The molecule has 0 saturated heterocycles. The van der Waals surface area contributed by atoms with Crippen LogP contribution < -0.4 is 5.32 Å². The molecular weight excluding hydrogens is 352 g/mol. The monoisotopic (exact) mass is 376 g/mol. The van der Waals surface area contributed by atoms with Gasteiger partial charge in [-0.2, -0.15) is 0 Å². The molecule has 0 aliphatic carbocycles.